The fourth-order valence-corrected chi connectivity index (χ4v) is 3.83. The van der Waals surface area contributed by atoms with Gasteiger partial charge in [0.15, 0.2) is 0 Å². The molecule has 1 aromatic heterocycles. The smallest absolute Gasteiger partial charge is 0.0358 e. The molecule has 0 saturated carbocycles. The molecule has 1 heterocycles. The maximum Gasteiger partial charge on any atom is 0.0358 e. The standard InChI is InChI=1S/C17H16INS/c1-19-16(12-6-8-14(18)9-7-12)10-13-11-20-17-5-3-2-4-15(13)17/h2-9,11,16,19H,10H2,1H3. The van der Waals surface area contributed by atoms with Gasteiger partial charge in [-0.1, -0.05) is 30.3 Å². The minimum absolute atomic E-state index is 0.366. The molecule has 0 aliphatic rings. The molecule has 0 bridgehead atoms. The van der Waals surface area contributed by atoms with Crippen LogP contribution in [0.25, 0.3) is 10.1 Å². The van der Waals surface area contributed by atoms with E-state index in [4.69, 9.17) is 0 Å². The van der Waals surface area contributed by atoms with Crippen molar-refractivity contribution in [3.05, 3.63) is 68.6 Å². The molecule has 0 aliphatic carbocycles. The van der Waals surface area contributed by atoms with Gasteiger partial charge in [0, 0.05) is 14.3 Å². The van der Waals surface area contributed by atoms with Crippen molar-refractivity contribution in [2.24, 2.45) is 0 Å². The van der Waals surface area contributed by atoms with Crippen LogP contribution in [0.1, 0.15) is 17.2 Å². The second-order valence-corrected chi connectivity index (χ2v) is 7.01. The summed E-state index contributed by atoms with van der Waals surface area (Å²) in [4.78, 5) is 0. The van der Waals surface area contributed by atoms with Crippen molar-refractivity contribution in [3.63, 3.8) is 0 Å². The number of fused-ring (bicyclic) bond motifs is 1. The molecule has 1 N–H and O–H groups in total. The summed E-state index contributed by atoms with van der Waals surface area (Å²) in [6, 6.07) is 17.8. The minimum Gasteiger partial charge on any atom is -0.313 e. The Bertz CT molecular complexity index is 702. The topological polar surface area (TPSA) is 12.0 Å². The third kappa shape index (κ3) is 2.90. The molecule has 1 nitrogen and oxygen atoms in total. The van der Waals surface area contributed by atoms with E-state index < -0.39 is 0 Å². The molecule has 1 unspecified atom stereocenters. The van der Waals surface area contributed by atoms with Crippen LogP contribution < -0.4 is 5.32 Å². The van der Waals surface area contributed by atoms with E-state index in [2.05, 4.69) is 81.8 Å². The van der Waals surface area contributed by atoms with Gasteiger partial charge in [-0.25, -0.2) is 0 Å². The van der Waals surface area contributed by atoms with Crippen molar-refractivity contribution in [2.75, 3.05) is 7.05 Å². The Morgan fingerprint density at radius 3 is 2.60 bits per heavy atom. The lowest BCUT2D eigenvalue weighted by Gasteiger charge is -2.16. The summed E-state index contributed by atoms with van der Waals surface area (Å²) in [6.45, 7) is 0. The van der Waals surface area contributed by atoms with Crippen molar-refractivity contribution in [1.82, 2.24) is 5.32 Å². The summed E-state index contributed by atoms with van der Waals surface area (Å²) < 4.78 is 2.65. The van der Waals surface area contributed by atoms with Gasteiger partial charge in [-0.15, -0.1) is 11.3 Å². The summed E-state index contributed by atoms with van der Waals surface area (Å²) in [5.41, 5.74) is 2.78. The normalized spacial score (nSPS) is 12.7. The van der Waals surface area contributed by atoms with E-state index in [1.165, 1.54) is 24.8 Å². The Hall–Kier alpha value is -0.910. The second kappa shape index (κ2) is 6.24. The van der Waals surface area contributed by atoms with Crippen LogP contribution in [0.2, 0.25) is 0 Å². The molecular weight excluding hydrogens is 377 g/mol. The Morgan fingerprint density at radius 2 is 1.85 bits per heavy atom. The monoisotopic (exact) mass is 393 g/mol. The third-order valence-electron chi connectivity index (χ3n) is 3.61. The molecule has 0 aliphatic heterocycles. The Labute approximate surface area is 137 Å². The van der Waals surface area contributed by atoms with E-state index in [0.29, 0.717) is 6.04 Å². The number of rotatable bonds is 4. The molecule has 0 saturated heterocycles. The summed E-state index contributed by atoms with van der Waals surface area (Å²) in [7, 11) is 2.04. The predicted octanol–water partition coefficient (Wildman–Crippen LogP) is 5.01. The summed E-state index contributed by atoms with van der Waals surface area (Å²) >= 11 is 4.18. The zero-order chi connectivity index (χ0) is 13.9. The lowest BCUT2D eigenvalue weighted by atomic mass is 9.99. The van der Waals surface area contributed by atoms with Gasteiger partial charge in [0.2, 0.25) is 0 Å². The first-order valence-electron chi connectivity index (χ1n) is 6.66. The zero-order valence-corrected chi connectivity index (χ0v) is 14.2. The molecule has 3 rings (SSSR count). The Kier molecular flexibility index (Phi) is 4.38. The molecule has 20 heavy (non-hydrogen) atoms. The van der Waals surface area contributed by atoms with Gasteiger partial charge >= 0.3 is 0 Å². The number of likely N-dealkylation sites (N-methyl/N-ethyl adjacent to an activating group) is 1. The van der Waals surface area contributed by atoms with Crippen LogP contribution in [0.4, 0.5) is 0 Å². The van der Waals surface area contributed by atoms with Gasteiger partial charge in [0.25, 0.3) is 0 Å². The summed E-state index contributed by atoms with van der Waals surface area (Å²) in [5, 5.41) is 7.13. The molecule has 0 amide bonds. The number of hydrogen-bond donors (Lipinski definition) is 1. The molecular formula is C17H16INS. The largest absolute Gasteiger partial charge is 0.313 e. The van der Waals surface area contributed by atoms with E-state index in [-0.39, 0.29) is 0 Å². The first-order chi connectivity index (χ1) is 9.78. The van der Waals surface area contributed by atoms with Crippen LogP contribution in [0.15, 0.2) is 53.9 Å². The number of benzene rings is 2. The first-order valence-corrected chi connectivity index (χ1v) is 8.61. The minimum atomic E-state index is 0.366. The highest BCUT2D eigenvalue weighted by Crippen LogP contribution is 2.29. The average molecular weight is 393 g/mol. The highest BCUT2D eigenvalue weighted by atomic mass is 127. The predicted molar refractivity (Wildman–Crippen MR) is 96.5 cm³/mol. The molecule has 3 heteroatoms. The third-order valence-corrected chi connectivity index (χ3v) is 5.34. The lowest BCUT2D eigenvalue weighted by molar-refractivity contribution is 0.594. The quantitative estimate of drug-likeness (QED) is 0.615. The van der Waals surface area contributed by atoms with Crippen LogP contribution in [-0.4, -0.2) is 7.05 Å². The fourth-order valence-electron chi connectivity index (χ4n) is 2.49. The SMILES string of the molecule is CNC(Cc1csc2ccccc12)c1ccc(I)cc1. The number of hydrogen-bond acceptors (Lipinski definition) is 2. The van der Waals surface area contributed by atoms with Gasteiger partial charge in [-0.2, -0.15) is 0 Å². The molecule has 0 spiro atoms. The van der Waals surface area contributed by atoms with E-state index in [9.17, 15) is 0 Å². The van der Waals surface area contributed by atoms with Crippen LogP contribution in [0, 0.1) is 3.57 Å². The number of halogens is 1. The van der Waals surface area contributed by atoms with Gasteiger partial charge in [0.05, 0.1) is 0 Å². The van der Waals surface area contributed by atoms with Crippen LogP contribution in [0.5, 0.6) is 0 Å². The van der Waals surface area contributed by atoms with Gasteiger partial charge in [-0.05, 0) is 76.2 Å². The Morgan fingerprint density at radius 1 is 1.10 bits per heavy atom. The average Bonchev–Trinajstić information content (AvgIpc) is 2.89. The van der Waals surface area contributed by atoms with E-state index in [1.807, 2.05) is 18.4 Å². The number of thiophene rings is 1. The summed E-state index contributed by atoms with van der Waals surface area (Å²) in [5.74, 6) is 0. The molecule has 1 atom stereocenters. The van der Waals surface area contributed by atoms with Gasteiger partial charge < -0.3 is 5.32 Å². The molecule has 0 radical (unpaired) electrons. The van der Waals surface area contributed by atoms with E-state index >= 15 is 0 Å². The van der Waals surface area contributed by atoms with E-state index in [1.54, 1.807) is 0 Å². The molecule has 3 aromatic rings. The van der Waals surface area contributed by atoms with Crippen molar-refractivity contribution >= 4 is 44.0 Å². The summed E-state index contributed by atoms with van der Waals surface area (Å²) in [6.07, 6.45) is 1.03. The highest BCUT2D eigenvalue weighted by molar-refractivity contribution is 14.1. The van der Waals surface area contributed by atoms with Crippen LogP contribution in [-0.2, 0) is 6.42 Å². The van der Waals surface area contributed by atoms with Crippen molar-refractivity contribution in [1.29, 1.82) is 0 Å². The van der Waals surface area contributed by atoms with Gasteiger partial charge in [-0.3, -0.25) is 0 Å². The van der Waals surface area contributed by atoms with E-state index in [0.717, 1.165) is 6.42 Å². The van der Waals surface area contributed by atoms with Crippen molar-refractivity contribution in [2.45, 2.75) is 12.5 Å². The lowest BCUT2D eigenvalue weighted by Crippen LogP contribution is -2.18. The zero-order valence-electron chi connectivity index (χ0n) is 11.3. The van der Waals surface area contributed by atoms with Crippen molar-refractivity contribution < 1.29 is 0 Å². The van der Waals surface area contributed by atoms with Crippen LogP contribution in [0.3, 0.4) is 0 Å². The molecule has 0 fully saturated rings. The fraction of sp³-hybridized carbons (Fsp3) is 0.176. The van der Waals surface area contributed by atoms with Crippen LogP contribution >= 0.6 is 33.9 Å². The Balaban J connectivity index is 1.89. The number of nitrogens with one attached hydrogen (secondary N) is 1. The first kappa shape index (κ1) is 14.0. The molecule has 2 aromatic carbocycles. The molecule has 102 valence electrons. The van der Waals surface area contributed by atoms with Crippen molar-refractivity contribution in [3.8, 4) is 0 Å². The maximum absolute atomic E-state index is 3.44. The second-order valence-electron chi connectivity index (χ2n) is 4.85. The van der Waals surface area contributed by atoms with Gasteiger partial charge in [0.1, 0.15) is 0 Å². The maximum atomic E-state index is 3.44. The highest BCUT2D eigenvalue weighted by Gasteiger charge is 2.12.